The van der Waals surface area contributed by atoms with Crippen molar-refractivity contribution in [2.24, 2.45) is 4.99 Å². The molecule has 2 heterocycles. The Labute approximate surface area is 178 Å². The predicted molar refractivity (Wildman–Crippen MR) is 119 cm³/mol. The minimum absolute atomic E-state index is 0.0517. The topological polar surface area (TPSA) is 95.8 Å². The van der Waals surface area contributed by atoms with Crippen molar-refractivity contribution in [2.75, 3.05) is 10.3 Å². The number of aromatic nitrogens is 1. The molecule has 31 heavy (non-hydrogen) atoms. The van der Waals surface area contributed by atoms with Crippen molar-refractivity contribution in [1.82, 2.24) is 9.99 Å². The van der Waals surface area contributed by atoms with Gasteiger partial charge in [0.15, 0.2) is 0 Å². The van der Waals surface area contributed by atoms with E-state index in [2.05, 4.69) is 15.7 Å². The minimum Gasteiger partial charge on any atom is -0.319 e. The highest BCUT2D eigenvalue weighted by Crippen LogP contribution is 2.17. The first-order valence-electron chi connectivity index (χ1n) is 9.80. The van der Waals surface area contributed by atoms with Gasteiger partial charge in [0.05, 0.1) is 12.2 Å². The number of anilines is 2. The number of benzene rings is 2. The number of carbonyl (C=O) groups excluding carboxylic acids is 2. The van der Waals surface area contributed by atoms with Gasteiger partial charge in [0, 0.05) is 18.0 Å². The summed E-state index contributed by atoms with van der Waals surface area (Å²) in [6.45, 7) is 2.08. The van der Waals surface area contributed by atoms with Crippen LogP contribution in [0, 0.1) is 0 Å². The SMILES string of the molecule is CC1N=C(C(=O)Nc2ccc(Cn3ccccc3=O)cc2)NN(c2ccccc2)C1=O. The van der Waals surface area contributed by atoms with Crippen molar-refractivity contribution in [1.29, 1.82) is 0 Å². The summed E-state index contributed by atoms with van der Waals surface area (Å²) < 4.78 is 1.60. The van der Waals surface area contributed by atoms with Crippen LogP contribution in [0.25, 0.3) is 0 Å². The molecule has 2 amide bonds. The van der Waals surface area contributed by atoms with Crippen LogP contribution in [0.1, 0.15) is 12.5 Å². The Morgan fingerprint density at radius 1 is 1.00 bits per heavy atom. The predicted octanol–water partition coefficient (Wildman–Crippen LogP) is 2.17. The molecule has 1 atom stereocenters. The maximum atomic E-state index is 12.7. The summed E-state index contributed by atoms with van der Waals surface area (Å²) in [4.78, 5) is 41.2. The molecule has 156 valence electrons. The van der Waals surface area contributed by atoms with E-state index in [1.54, 1.807) is 54.1 Å². The second-order valence-corrected chi connectivity index (χ2v) is 7.09. The number of aliphatic imine (C=N–C) groups is 1. The Kier molecular flexibility index (Phi) is 5.61. The third-order valence-electron chi connectivity index (χ3n) is 4.81. The Bertz CT molecular complexity index is 1190. The molecule has 0 saturated heterocycles. The lowest BCUT2D eigenvalue weighted by Gasteiger charge is -2.30. The van der Waals surface area contributed by atoms with E-state index in [1.807, 2.05) is 30.3 Å². The maximum Gasteiger partial charge on any atom is 0.292 e. The van der Waals surface area contributed by atoms with Crippen molar-refractivity contribution < 1.29 is 9.59 Å². The summed E-state index contributed by atoms with van der Waals surface area (Å²) in [7, 11) is 0. The number of carbonyl (C=O) groups is 2. The van der Waals surface area contributed by atoms with Crippen molar-refractivity contribution in [3.8, 4) is 0 Å². The Hall–Kier alpha value is -4.20. The molecule has 1 aromatic heterocycles. The molecule has 0 radical (unpaired) electrons. The van der Waals surface area contributed by atoms with Crippen LogP contribution < -0.4 is 21.3 Å². The molecule has 2 N–H and O–H groups in total. The summed E-state index contributed by atoms with van der Waals surface area (Å²) in [5.74, 6) is -0.647. The van der Waals surface area contributed by atoms with Crippen LogP contribution in [0.2, 0.25) is 0 Å². The molecule has 8 nitrogen and oxygen atoms in total. The van der Waals surface area contributed by atoms with E-state index in [0.29, 0.717) is 17.9 Å². The van der Waals surface area contributed by atoms with Gasteiger partial charge in [-0.3, -0.25) is 19.8 Å². The van der Waals surface area contributed by atoms with E-state index in [9.17, 15) is 14.4 Å². The molecule has 3 aromatic rings. The highest BCUT2D eigenvalue weighted by atomic mass is 16.2. The molecule has 8 heteroatoms. The van der Waals surface area contributed by atoms with Crippen LogP contribution in [0.15, 0.2) is 88.8 Å². The molecule has 4 rings (SSSR count). The van der Waals surface area contributed by atoms with E-state index in [1.165, 1.54) is 11.1 Å². The van der Waals surface area contributed by atoms with Crippen LogP contribution in [0.5, 0.6) is 0 Å². The summed E-state index contributed by atoms with van der Waals surface area (Å²) in [6, 6.07) is 20.5. The minimum atomic E-state index is -0.686. The number of hydrogen-bond donors (Lipinski definition) is 2. The average molecular weight is 415 g/mol. The van der Waals surface area contributed by atoms with Gasteiger partial charge in [0.2, 0.25) is 5.84 Å². The van der Waals surface area contributed by atoms with Gasteiger partial charge in [0.1, 0.15) is 6.04 Å². The quantitative estimate of drug-likeness (QED) is 0.668. The van der Waals surface area contributed by atoms with E-state index in [4.69, 9.17) is 0 Å². The van der Waals surface area contributed by atoms with Crippen LogP contribution in [0.4, 0.5) is 11.4 Å². The number of pyridine rings is 1. The number of nitrogens with zero attached hydrogens (tertiary/aromatic N) is 3. The van der Waals surface area contributed by atoms with Gasteiger partial charge in [-0.1, -0.05) is 36.4 Å². The smallest absolute Gasteiger partial charge is 0.292 e. The number of hydrazine groups is 1. The monoisotopic (exact) mass is 415 g/mol. The molecular weight excluding hydrogens is 394 g/mol. The molecule has 1 aliphatic heterocycles. The molecule has 0 saturated carbocycles. The highest BCUT2D eigenvalue weighted by Gasteiger charge is 2.30. The van der Waals surface area contributed by atoms with Crippen molar-refractivity contribution >= 4 is 29.0 Å². The third-order valence-corrected chi connectivity index (χ3v) is 4.81. The number of amidine groups is 1. The summed E-state index contributed by atoms with van der Waals surface area (Å²) in [6.07, 6.45) is 1.73. The van der Waals surface area contributed by atoms with E-state index in [-0.39, 0.29) is 17.3 Å². The summed E-state index contributed by atoms with van der Waals surface area (Å²) >= 11 is 0. The average Bonchev–Trinajstić information content (AvgIpc) is 2.79. The molecule has 0 bridgehead atoms. The van der Waals surface area contributed by atoms with Crippen molar-refractivity contribution in [3.05, 3.63) is 94.9 Å². The summed E-state index contributed by atoms with van der Waals surface area (Å²) in [5, 5.41) is 4.11. The zero-order valence-corrected chi connectivity index (χ0v) is 16.9. The number of hydrogen-bond acceptors (Lipinski definition) is 5. The third kappa shape index (κ3) is 4.53. The van der Waals surface area contributed by atoms with Gasteiger partial charge in [-0.05, 0) is 42.8 Å². The first-order chi connectivity index (χ1) is 15.0. The van der Waals surface area contributed by atoms with E-state index >= 15 is 0 Å². The molecular formula is C23H21N5O3. The zero-order chi connectivity index (χ0) is 21.8. The largest absolute Gasteiger partial charge is 0.319 e. The molecule has 0 aliphatic carbocycles. The number of nitrogens with one attached hydrogen (secondary N) is 2. The lowest BCUT2D eigenvalue weighted by Crippen LogP contribution is -2.57. The molecule has 0 fully saturated rings. The van der Waals surface area contributed by atoms with Gasteiger partial charge in [-0.15, -0.1) is 0 Å². The number of rotatable bonds is 5. The zero-order valence-electron chi connectivity index (χ0n) is 16.9. The summed E-state index contributed by atoms with van der Waals surface area (Å²) in [5.41, 5.74) is 4.86. The van der Waals surface area contributed by atoms with E-state index < -0.39 is 11.9 Å². The molecule has 2 aromatic carbocycles. The first-order valence-corrected chi connectivity index (χ1v) is 9.80. The van der Waals surface area contributed by atoms with Crippen molar-refractivity contribution in [3.63, 3.8) is 0 Å². The van der Waals surface area contributed by atoms with E-state index in [0.717, 1.165) is 5.56 Å². The maximum absolute atomic E-state index is 12.7. The first kappa shape index (κ1) is 20.1. The molecule has 1 aliphatic rings. The Morgan fingerprint density at radius 2 is 1.71 bits per heavy atom. The van der Waals surface area contributed by atoms with Gasteiger partial charge in [-0.25, -0.2) is 10.0 Å². The fourth-order valence-electron chi connectivity index (χ4n) is 3.18. The second kappa shape index (κ2) is 8.66. The molecule has 0 spiro atoms. The standard InChI is InChI=1S/C23H21N5O3/c1-16-23(31)28(19-7-3-2-4-8-19)26-21(24-16)22(30)25-18-12-10-17(11-13-18)15-27-14-6-5-9-20(27)29/h2-14,16H,15H2,1H3,(H,24,26)(H,25,30). The molecule has 1 unspecified atom stereocenters. The Balaban J connectivity index is 1.45. The van der Waals surface area contributed by atoms with Gasteiger partial charge in [0.25, 0.3) is 17.4 Å². The van der Waals surface area contributed by atoms with Crippen LogP contribution in [0.3, 0.4) is 0 Å². The lowest BCUT2D eigenvalue weighted by molar-refractivity contribution is -0.120. The van der Waals surface area contributed by atoms with Crippen LogP contribution in [-0.4, -0.2) is 28.3 Å². The highest BCUT2D eigenvalue weighted by molar-refractivity contribution is 6.43. The fourth-order valence-corrected chi connectivity index (χ4v) is 3.18. The van der Waals surface area contributed by atoms with Gasteiger partial charge < -0.3 is 9.88 Å². The fraction of sp³-hybridized carbons (Fsp3) is 0.130. The normalized spacial score (nSPS) is 15.8. The van der Waals surface area contributed by atoms with Gasteiger partial charge >= 0.3 is 0 Å². The van der Waals surface area contributed by atoms with Gasteiger partial charge in [-0.2, -0.15) is 0 Å². The van der Waals surface area contributed by atoms with Crippen molar-refractivity contribution in [2.45, 2.75) is 19.5 Å². The Morgan fingerprint density at radius 3 is 2.42 bits per heavy atom. The van der Waals surface area contributed by atoms with Crippen LogP contribution >= 0.6 is 0 Å². The lowest BCUT2D eigenvalue weighted by atomic mass is 10.2. The second-order valence-electron chi connectivity index (χ2n) is 7.09. The van der Waals surface area contributed by atoms with Crippen LogP contribution in [-0.2, 0) is 16.1 Å². The number of para-hydroxylation sites is 1. The number of amides is 2.